The Morgan fingerprint density at radius 2 is 2.29 bits per heavy atom. The average molecular weight is 201 g/mol. The van der Waals surface area contributed by atoms with Crippen LogP contribution in [0.15, 0.2) is 0 Å². The Morgan fingerprint density at radius 1 is 1.64 bits per heavy atom. The molecule has 0 aromatic rings. The minimum Gasteiger partial charge on any atom is -0.480 e. The molecular weight excluding hydrogens is 182 g/mol. The SMILES string of the molecule is CC[C@H](C(=O)O)N1CC[C@@H](O)[C@H](C)C1. The molecule has 0 saturated carbocycles. The van der Waals surface area contributed by atoms with Gasteiger partial charge < -0.3 is 10.2 Å². The van der Waals surface area contributed by atoms with Gasteiger partial charge in [-0.3, -0.25) is 9.69 Å². The third-order valence-corrected chi connectivity index (χ3v) is 3.00. The molecule has 2 N–H and O–H groups in total. The lowest BCUT2D eigenvalue weighted by molar-refractivity contribution is -0.145. The highest BCUT2D eigenvalue weighted by Crippen LogP contribution is 2.19. The molecule has 0 radical (unpaired) electrons. The van der Waals surface area contributed by atoms with E-state index in [1.165, 1.54) is 0 Å². The molecule has 0 spiro atoms. The van der Waals surface area contributed by atoms with Crippen molar-refractivity contribution in [1.29, 1.82) is 0 Å². The van der Waals surface area contributed by atoms with E-state index in [1.807, 2.05) is 18.7 Å². The van der Waals surface area contributed by atoms with E-state index in [-0.39, 0.29) is 18.1 Å². The molecular formula is C10H19NO3. The zero-order chi connectivity index (χ0) is 10.7. The molecule has 0 unspecified atom stereocenters. The lowest BCUT2D eigenvalue weighted by Gasteiger charge is -2.37. The average Bonchev–Trinajstić information content (AvgIpc) is 2.11. The van der Waals surface area contributed by atoms with Gasteiger partial charge in [0.2, 0.25) is 0 Å². The van der Waals surface area contributed by atoms with Crippen LogP contribution in [0.5, 0.6) is 0 Å². The Morgan fingerprint density at radius 3 is 2.71 bits per heavy atom. The highest BCUT2D eigenvalue weighted by Gasteiger charge is 2.31. The van der Waals surface area contributed by atoms with E-state index in [4.69, 9.17) is 5.11 Å². The normalized spacial score (nSPS) is 31.4. The van der Waals surface area contributed by atoms with Gasteiger partial charge in [0.05, 0.1) is 6.10 Å². The van der Waals surface area contributed by atoms with Crippen LogP contribution < -0.4 is 0 Å². The van der Waals surface area contributed by atoms with Gasteiger partial charge in [-0.25, -0.2) is 0 Å². The van der Waals surface area contributed by atoms with Gasteiger partial charge in [-0.15, -0.1) is 0 Å². The molecule has 0 amide bonds. The lowest BCUT2D eigenvalue weighted by Crippen LogP contribution is -2.49. The van der Waals surface area contributed by atoms with Crippen LogP contribution in [-0.4, -0.2) is 46.3 Å². The van der Waals surface area contributed by atoms with Crippen molar-refractivity contribution >= 4 is 5.97 Å². The first-order valence-corrected chi connectivity index (χ1v) is 5.21. The molecule has 3 atom stereocenters. The van der Waals surface area contributed by atoms with Crippen LogP contribution in [0.25, 0.3) is 0 Å². The number of likely N-dealkylation sites (tertiary alicyclic amines) is 1. The molecule has 4 nitrogen and oxygen atoms in total. The van der Waals surface area contributed by atoms with E-state index in [1.54, 1.807) is 0 Å². The number of nitrogens with zero attached hydrogens (tertiary/aromatic N) is 1. The van der Waals surface area contributed by atoms with Gasteiger partial charge in [0.1, 0.15) is 6.04 Å². The number of carboxylic acids is 1. The van der Waals surface area contributed by atoms with E-state index in [0.29, 0.717) is 25.9 Å². The number of carbonyl (C=O) groups is 1. The number of aliphatic carboxylic acids is 1. The number of aliphatic hydroxyl groups is 1. The van der Waals surface area contributed by atoms with Crippen LogP contribution in [0.1, 0.15) is 26.7 Å². The molecule has 0 aromatic carbocycles. The second kappa shape index (κ2) is 4.75. The van der Waals surface area contributed by atoms with Crippen LogP contribution in [0.3, 0.4) is 0 Å². The van der Waals surface area contributed by atoms with Crippen LogP contribution in [0.4, 0.5) is 0 Å². The third-order valence-electron chi connectivity index (χ3n) is 3.00. The van der Waals surface area contributed by atoms with Gasteiger partial charge in [-0.1, -0.05) is 13.8 Å². The maximum atomic E-state index is 10.9. The summed E-state index contributed by atoms with van der Waals surface area (Å²) in [6, 6.07) is -0.384. The zero-order valence-corrected chi connectivity index (χ0v) is 8.81. The highest BCUT2D eigenvalue weighted by molar-refractivity contribution is 5.73. The minimum absolute atomic E-state index is 0.178. The van der Waals surface area contributed by atoms with Gasteiger partial charge in [0.15, 0.2) is 0 Å². The molecule has 0 aliphatic carbocycles. The predicted molar refractivity (Wildman–Crippen MR) is 53.1 cm³/mol. The van der Waals surface area contributed by atoms with Crippen LogP contribution in [-0.2, 0) is 4.79 Å². The number of carboxylic acid groups (broad SMARTS) is 1. The van der Waals surface area contributed by atoms with Crippen LogP contribution in [0.2, 0.25) is 0 Å². The van der Waals surface area contributed by atoms with Gasteiger partial charge in [-0.05, 0) is 18.8 Å². The molecule has 1 heterocycles. The predicted octanol–water partition coefficient (Wildman–Crippen LogP) is 0.552. The molecule has 1 fully saturated rings. The van der Waals surface area contributed by atoms with Gasteiger partial charge in [-0.2, -0.15) is 0 Å². The standard InChI is InChI=1S/C10H19NO3/c1-3-8(10(13)14)11-5-4-9(12)7(2)6-11/h7-9,12H,3-6H2,1-2H3,(H,13,14)/t7-,8-,9-/m1/s1. The molecule has 0 bridgehead atoms. The van der Waals surface area contributed by atoms with E-state index in [2.05, 4.69) is 0 Å². The first-order chi connectivity index (χ1) is 6.56. The summed E-state index contributed by atoms with van der Waals surface area (Å²) in [5, 5.41) is 18.5. The van der Waals surface area contributed by atoms with Crippen molar-refractivity contribution in [3.63, 3.8) is 0 Å². The summed E-state index contributed by atoms with van der Waals surface area (Å²) in [6.07, 6.45) is 1.04. The van der Waals surface area contributed by atoms with Crippen LogP contribution in [0, 0.1) is 5.92 Å². The van der Waals surface area contributed by atoms with Crippen molar-refractivity contribution in [3.05, 3.63) is 0 Å². The maximum absolute atomic E-state index is 10.9. The minimum atomic E-state index is -0.754. The molecule has 1 rings (SSSR count). The van der Waals surface area contributed by atoms with E-state index < -0.39 is 5.97 Å². The number of aliphatic hydroxyl groups excluding tert-OH is 1. The Kier molecular flexibility index (Phi) is 3.89. The molecule has 82 valence electrons. The summed E-state index contributed by atoms with van der Waals surface area (Å²) in [7, 11) is 0. The van der Waals surface area contributed by atoms with Crippen molar-refractivity contribution in [3.8, 4) is 0 Å². The monoisotopic (exact) mass is 201 g/mol. The maximum Gasteiger partial charge on any atom is 0.320 e. The van der Waals surface area contributed by atoms with Crippen molar-refractivity contribution < 1.29 is 15.0 Å². The fourth-order valence-corrected chi connectivity index (χ4v) is 2.04. The molecule has 4 heteroatoms. The van der Waals surface area contributed by atoms with Crippen molar-refractivity contribution in [2.24, 2.45) is 5.92 Å². The van der Waals surface area contributed by atoms with Gasteiger partial charge in [0.25, 0.3) is 0 Å². The fourth-order valence-electron chi connectivity index (χ4n) is 2.04. The summed E-state index contributed by atoms with van der Waals surface area (Å²) in [6.45, 7) is 5.22. The van der Waals surface area contributed by atoms with E-state index >= 15 is 0 Å². The molecule has 14 heavy (non-hydrogen) atoms. The first kappa shape index (κ1) is 11.5. The largest absolute Gasteiger partial charge is 0.480 e. The van der Waals surface area contributed by atoms with E-state index in [0.717, 1.165) is 0 Å². The van der Waals surface area contributed by atoms with Crippen molar-refractivity contribution in [1.82, 2.24) is 4.90 Å². The number of piperidine rings is 1. The van der Waals surface area contributed by atoms with Crippen LogP contribution >= 0.6 is 0 Å². The Bertz CT molecular complexity index is 208. The third kappa shape index (κ3) is 2.45. The first-order valence-electron chi connectivity index (χ1n) is 5.21. The molecule has 1 saturated heterocycles. The second-order valence-corrected chi connectivity index (χ2v) is 4.09. The molecule has 1 aliphatic heterocycles. The highest BCUT2D eigenvalue weighted by atomic mass is 16.4. The Labute approximate surface area is 84.5 Å². The number of hydrogen-bond acceptors (Lipinski definition) is 3. The number of hydrogen-bond donors (Lipinski definition) is 2. The van der Waals surface area contributed by atoms with Gasteiger partial charge in [0, 0.05) is 13.1 Å². The van der Waals surface area contributed by atoms with Crippen molar-refractivity contribution in [2.75, 3.05) is 13.1 Å². The fraction of sp³-hybridized carbons (Fsp3) is 0.900. The zero-order valence-electron chi connectivity index (χ0n) is 8.81. The summed E-state index contributed by atoms with van der Waals surface area (Å²) < 4.78 is 0. The number of rotatable bonds is 3. The Balaban J connectivity index is 2.56. The summed E-state index contributed by atoms with van der Waals surface area (Å²) in [5.41, 5.74) is 0. The topological polar surface area (TPSA) is 60.8 Å². The quantitative estimate of drug-likeness (QED) is 0.700. The molecule has 1 aliphatic rings. The van der Waals surface area contributed by atoms with Crippen molar-refractivity contribution in [2.45, 2.75) is 38.8 Å². The smallest absolute Gasteiger partial charge is 0.320 e. The summed E-state index contributed by atoms with van der Waals surface area (Å²) >= 11 is 0. The summed E-state index contributed by atoms with van der Waals surface area (Å²) in [5.74, 6) is -0.576. The lowest BCUT2D eigenvalue weighted by atomic mass is 9.95. The molecule has 0 aromatic heterocycles. The second-order valence-electron chi connectivity index (χ2n) is 4.09. The van der Waals surface area contributed by atoms with E-state index in [9.17, 15) is 9.90 Å². The van der Waals surface area contributed by atoms with Gasteiger partial charge >= 0.3 is 5.97 Å². The summed E-state index contributed by atoms with van der Waals surface area (Å²) in [4.78, 5) is 12.9. The Hall–Kier alpha value is -0.610.